The van der Waals surface area contributed by atoms with Crippen molar-refractivity contribution in [1.82, 2.24) is 0 Å². The smallest absolute Gasteiger partial charge is 0.337 e. The number of hydrogen-bond acceptors (Lipinski definition) is 4. The normalized spacial score (nSPS) is 17.6. The number of carboxylic acid groups (broad SMARTS) is 1. The second-order valence-electron chi connectivity index (χ2n) is 4.05. The van der Waals surface area contributed by atoms with Gasteiger partial charge in [0.2, 0.25) is 0 Å². The molecule has 1 aromatic rings. The lowest BCUT2D eigenvalue weighted by atomic mass is 10.1. The third-order valence-corrected chi connectivity index (χ3v) is 2.87. The van der Waals surface area contributed by atoms with Crippen LogP contribution in [-0.2, 0) is 9.53 Å². The van der Waals surface area contributed by atoms with Crippen LogP contribution >= 0.6 is 0 Å². The summed E-state index contributed by atoms with van der Waals surface area (Å²) in [6, 6.07) is 3.97. The molecular weight excluding hydrogens is 241 g/mol. The Morgan fingerprint density at radius 2 is 2.06 bits per heavy atom. The Morgan fingerprint density at radius 3 is 2.61 bits per heavy atom. The maximum absolute atomic E-state index is 13.9. The molecule has 0 radical (unpaired) electrons. The van der Waals surface area contributed by atoms with Crippen LogP contribution in [0.4, 0.5) is 10.1 Å². The van der Waals surface area contributed by atoms with Crippen molar-refractivity contribution in [2.45, 2.75) is 6.10 Å². The second-order valence-corrected chi connectivity index (χ2v) is 4.05. The molecule has 1 aliphatic rings. The highest BCUT2D eigenvalue weighted by molar-refractivity contribution is 5.74. The first-order chi connectivity index (χ1) is 8.59. The number of carboxylic acids is 1. The summed E-state index contributed by atoms with van der Waals surface area (Å²) in [4.78, 5) is 12.4. The maximum atomic E-state index is 13.9. The van der Waals surface area contributed by atoms with E-state index in [0.29, 0.717) is 32.0 Å². The van der Waals surface area contributed by atoms with Crippen molar-refractivity contribution >= 4 is 11.7 Å². The van der Waals surface area contributed by atoms with E-state index in [9.17, 15) is 14.3 Å². The van der Waals surface area contributed by atoms with Crippen molar-refractivity contribution in [2.75, 3.05) is 31.2 Å². The average Bonchev–Trinajstić information content (AvgIpc) is 2.38. The molecule has 0 amide bonds. The number of nitrogens with zero attached hydrogens (tertiary/aromatic N) is 1. The summed E-state index contributed by atoms with van der Waals surface area (Å²) in [6.07, 6.45) is -1.70. The molecule has 1 heterocycles. The average molecular weight is 255 g/mol. The van der Waals surface area contributed by atoms with Crippen LogP contribution < -0.4 is 4.90 Å². The molecule has 0 aliphatic carbocycles. The van der Waals surface area contributed by atoms with Crippen molar-refractivity contribution in [2.24, 2.45) is 0 Å². The lowest BCUT2D eigenvalue weighted by Crippen LogP contribution is -2.36. The van der Waals surface area contributed by atoms with E-state index in [0.717, 1.165) is 6.07 Å². The van der Waals surface area contributed by atoms with Crippen LogP contribution in [0.5, 0.6) is 0 Å². The molecule has 1 atom stereocenters. The van der Waals surface area contributed by atoms with Gasteiger partial charge in [-0.3, -0.25) is 0 Å². The lowest BCUT2D eigenvalue weighted by molar-refractivity contribution is -0.146. The summed E-state index contributed by atoms with van der Waals surface area (Å²) < 4.78 is 19.0. The van der Waals surface area contributed by atoms with Gasteiger partial charge in [-0.2, -0.15) is 0 Å². The topological polar surface area (TPSA) is 70.0 Å². The number of hydrogen-bond donors (Lipinski definition) is 2. The van der Waals surface area contributed by atoms with Crippen molar-refractivity contribution in [1.29, 1.82) is 0 Å². The fourth-order valence-electron chi connectivity index (χ4n) is 1.90. The molecular formula is C12H14FNO4. The van der Waals surface area contributed by atoms with Gasteiger partial charge in [0, 0.05) is 13.1 Å². The number of aliphatic hydroxyl groups excluding tert-OH is 1. The van der Waals surface area contributed by atoms with Gasteiger partial charge in [-0.1, -0.05) is 6.07 Å². The molecule has 1 unspecified atom stereocenters. The first kappa shape index (κ1) is 12.8. The zero-order chi connectivity index (χ0) is 13.1. The van der Waals surface area contributed by atoms with Gasteiger partial charge < -0.3 is 19.8 Å². The molecule has 1 aliphatic heterocycles. The van der Waals surface area contributed by atoms with Gasteiger partial charge in [-0.15, -0.1) is 0 Å². The van der Waals surface area contributed by atoms with Crippen LogP contribution in [0.15, 0.2) is 18.2 Å². The van der Waals surface area contributed by atoms with Crippen LogP contribution in [0, 0.1) is 5.82 Å². The maximum Gasteiger partial charge on any atom is 0.337 e. The number of aliphatic hydroxyl groups is 1. The van der Waals surface area contributed by atoms with E-state index in [-0.39, 0.29) is 5.56 Å². The summed E-state index contributed by atoms with van der Waals surface area (Å²) in [5, 5.41) is 18.0. The SMILES string of the molecule is O=C(O)C(O)c1ccc(N2CCOCC2)c(F)c1. The first-order valence-electron chi connectivity index (χ1n) is 5.62. The largest absolute Gasteiger partial charge is 0.479 e. The third kappa shape index (κ3) is 2.60. The van der Waals surface area contributed by atoms with Crippen LogP contribution in [0.1, 0.15) is 11.7 Å². The lowest BCUT2D eigenvalue weighted by Gasteiger charge is -2.29. The van der Waals surface area contributed by atoms with Gasteiger partial charge in [0.1, 0.15) is 5.82 Å². The Labute approximate surface area is 103 Å². The summed E-state index contributed by atoms with van der Waals surface area (Å²) in [7, 11) is 0. The van der Waals surface area contributed by atoms with E-state index in [2.05, 4.69) is 0 Å². The molecule has 98 valence electrons. The number of ether oxygens (including phenoxy) is 1. The fourth-order valence-corrected chi connectivity index (χ4v) is 1.90. The van der Waals surface area contributed by atoms with Crippen molar-refractivity contribution in [3.05, 3.63) is 29.6 Å². The van der Waals surface area contributed by atoms with Crippen LogP contribution in [0.25, 0.3) is 0 Å². The Kier molecular flexibility index (Phi) is 3.78. The summed E-state index contributed by atoms with van der Waals surface area (Å²) in [5.74, 6) is -1.93. The second kappa shape index (κ2) is 5.32. The van der Waals surface area contributed by atoms with Gasteiger partial charge in [0.15, 0.2) is 6.10 Å². The molecule has 2 rings (SSSR count). The highest BCUT2D eigenvalue weighted by Crippen LogP contribution is 2.24. The number of carbonyl (C=O) groups is 1. The Bertz CT molecular complexity index is 446. The van der Waals surface area contributed by atoms with Crippen LogP contribution in [0.3, 0.4) is 0 Å². The quantitative estimate of drug-likeness (QED) is 0.835. The standard InChI is InChI=1S/C12H14FNO4/c13-9-7-8(11(15)12(16)17)1-2-10(9)14-3-5-18-6-4-14/h1-2,7,11,15H,3-6H2,(H,16,17). The van der Waals surface area contributed by atoms with Crippen molar-refractivity contribution in [3.8, 4) is 0 Å². The molecule has 5 nitrogen and oxygen atoms in total. The van der Waals surface area contributed by atoms with E-state index in [1.165, 1.54) is 12.1 Å². The summed E-state index contributed by atoms with van der Waals surface area (Å²) in [6.45, 7) is 2.27. The third-order valence-electron chi connectivity index (χ3n) is 2.87. The number of aliphatic carboxylic acids is 1. The molecule has 1 fully saturated rings. The fraction of sp³-hybridized carbons (Fsp3) is 0.417. The predicted octanol–water partition coefficient (Wildman–Crippen LogP) is 0.780. The van der Waals surface area contributed by atoms with Gasteiger partial charge >= 0.3 is 5.97 Å². The number of halogens is 1. The minimum Gasteiger partial charge on any atom is -0.479 e. The summed E-state index contributed by atoms with van der Waals surface area (Å²) >= 11 is 0. The first-order valence-corrected chi connectivity index (χ1v) is 5.62. The zero-order valence-electron chi connectivity index (χ0n) is 9.67. The zero-order valence-corrected chi connectivity index (χ0v) is 9.67. The molecule has 0 aromatic heterocycles. The van der Waals surface area contributed by atoms with E-state index in [1.54, 1.807) is 0 Å². The highest BCUT2D eigenvalue weighted by atomic mass is 19.1. The molecule has 2 N–H and O–H groups in total. The number of benzene rings is 1. The van der Waals surface area contributed by atoms with E-state index < -0.39 is 17.9 Å². The molecule has 18 heavy (non-hydrogen) atoms. The highest BCUT2D eigenvalue weighted by Gasteiger charge is 2.20. The van der Waals surface area contributed by atoms with Crippen molar-refractivity contribution in [3.63, 3.8) is 0 Å². The Hall–Kier alpha value is -1.66. The number of anilines is 1. The van der Waals surface area contributed by atoms with Crippen molar-refractivity contribution < 1.29 is 24.1 Å². The Balaban J connectivity index is 2.21. The minimum absolute atomic E-state index is 0.0389. The van der Waals surface area contributed by atoms with Gasteiger partial charge in [0.05, 0.1) is 18.9 Å². The molecule has 0 spiro atoms. The van der Waals surface area contributed by atoms with Gasteiger partial charge in [-0.05, 0) is 17.7 Å². The van der Waals surface area contributed by atoms with Crippen LogP contribution in [0.2, 0.25) is 0 Å². The minimum atomic E-state index is -1.70. The molecule has 0 bridgehead atoms. The van der Waals surface area contributed by atoms with E-state index in [1.807, 2.05) is 4.90 Å². The van der Waals surface area contributed by atoms with Crippen LogP contribution in [-0.4, -0.2) is 42.5 Å². The monoisotopic (exact) mass is 255 g/mol. The molecule has 1 aromatic carbocycles. The number of morpholine rings is 1. The molecule has 1 saturated heterocycles. The molecule has 0 saturated carbocycles. The number of rotatable bonds is 3. The predicted molar refractivity (Wildman–Crippen MR) is 62.0 cm³/mol. The van der Waals surface area contributed by atoms with E-state index >= 15 is 0 Å². The Morgan fingerprint density at radius 1 is 1.39 bits per heavy atom. The molecule has 6 heteroatoms. The van der Waals surface area contributed by atoms with E-state index in [4.69, 9.17) is 9.84 Å². The van der Waals surface area contributed by atoms with Gasteiger partial charge in [-0.25, -0.2) is 9.18 Å². The van der Waals surface area contributed by atoms with Gasteiger partial charge in [0.25, 0.3) is 0 Å². The summed E-state index contributed by atoms with van der Waals surface area (Å²) in [5.41, 5.74) is 0.441.